The summed E-state index contributed by atoms with van der Waals surface area (Å²) >= 11 is 0. The summed E-state index contributed by atoms with van der Waals surface area (Å²) in [4.78, 5) is 12.3. The zero-order chi connectivity index (χ0) is 18.4. The van der Waals surface area contributed by atoms with Gasteiger partial charge in [-0.1, -0.05) is 32.9 Å². The summed E-state index contributed by atoms with van der Waals surface area (Å²) in [7, 11) is 0. The third-order valence-electron chi connectivity index (χ3n) is 3.84. The van der Waals surface area contributed by atoms with Gasteiger partial charge in [-0.3, -0.25) is 4.79 Å². The quantitative estimate of drug-likeness (QED) is 0.822. The van der Waals surface area contributed by atoms with E-state index in [2.05, 4.69) is 26.1 Å². The van der Waals surface area contributed by atoms with Crippen LogP contribution in [0.2, 0.25) is 0 Å². The zero-order valence-electron chi connectivity index (χ0n) is 15.6. The summed E-state index contributed by atoms with van der Waals surface area (Å²) in [5.74, 6) is 1.27. The Hall–Kier alpha value is -2.49. The molecule has 4 nitrogen and oxygen atoms in total. The molecule has 0 aliphatic rings. The van der Waals surface area contributed by atoms with Crippen molar-refractivity contribution in [3.8, 4) is 11.5 Å². The van der Waals surface area contributed by atoms with Gasteiger partial charge >= 0.3 is 0 Å². The minimum absolute atomic E-state index is 0.0924. The van der Waals surface area contributed by atoms with E-state index in [1.165, 1.54) is 5.56 Å². The van der Waals surface area contributed by atoms with Crippen molar-refractivity contribution in [3.63, 3.8) is 0 Å². The first-order valence-electron chi connectivity index (χ1n) is 8.60. The van der Waals surface area contributed by atoms with Gasteiger partial charge in [-0.2, -0.15) is 0 Å². The summed E-state index contributed by atoms with van der Waals surface area (Å²) in [5.41, 5.74) is 2.04. The molecule has 2 aromatic carbocycles. The molecule has 25 heavy (non-hydrogen) atoms. The molecule has 1 amide bonds. The second-order valence-electron chi connectivity index (χ2n) is 6.98. The number of ether oxygens (including phenoxy) is 2. The van der Waals surface area contributed by atoms with Crippen LogP contribution in [-0.4, -0.2) is 18.6 Å². The summed E-state index contributed by atoms with van der Waals surface area (Å²) in [6.07, 6.45) is -0.591. The van der Waals surface area contributed by atoms with Crippen molar-refractivity contribution in [1.29, 1.82) is 0 Å². The molecule has 0 aliphatic heterocycles. The van der Waals surface area contributed by atoms with E-state index in [1.54, 1.807) is 6.92 Å². The minimum Gasteiger partial charge on any atom is -0.494 e. The SMILES string of the molecule is CCOc1ccc(NC(=O)[C@H](C)Oc2ccc(C(C)(C)C)cc2)cc1. The molecule has 0 spiro atoms. The predicted molar refractivity (Wildman–Crippen MR) is 101 cm³/mol. The molecular formula is C21H27NO3. The van der Waals surface area contributed by atoms with Crippen LogP contribution in [-0.2, 0) is 10.2 Å². The van der Waals surface area contributed by atoms with Crippen LogP contribution in [0.5, 0.6) is 11.5 Å². The lowest BCUT2D eigenvalue weighted by molar-refractivity contribution is -0.122. The predicted octanol–water partition coefficient (Wildman–Crippen LogP) is 4.79. The summed E-state index contributed by atoms with van der Waals surface area (Å²) < 4.78 is 11.1. The molecule has 1 N–H and O–H groups in total. The monoisotopic (exact) mass is 341 g/mol. The number of carbonyl (C=O) groups excluding carboxylic acids is 1. The lowest BCUT2D eigenvalue weighted by Gasteiger charge is -2.20. The fraction of sp³-hybridized carbons (Fsp3) is 0.381. The van der Waals surface area contributed by atoms with Crippen LogP contribution in [0.4, 0.5) is 5.69 Å². The molecule has 4 heteroatoms. The van der Waals surface area contributed by atoms with E-state index in [0.29, 0.717) is 18.0 Å². The maximum Gasteiger partial charge on any atom is 0.265 e. The third kappa shape index (κ3) is 5.52. The van der Waals surface area contributed by atoms with Crippen molar-refractivity contribution in [2.75, 3.05) is 11.9 Å². The molecule has 0 saturated heterocycles. The van der Waals surface area contributed by atoms with E-state index in [0.717, 1.165) is 5.75 Å². The lowest BCUT2D eigenvalue weighted by atomic mass is 9.87. The highest BCUT2D eigenvalue weighted by molar-refractivity contribution is 5.94. The van der Waals surface area contributed by atoms with Crippen LogP contribution in [0.25, 0.3) is 0 Å². The third-order valence-corrected chi connectivity index (χ3v) is 3.84. The number of amides is 1. The van der Waals surface area contributed by atoms with Crippen LogP contribution in [0.3, 0.4) is 0 Å². The maximum atomic E-state index is 12.3. The van der Waals surface area contributed by atoms with Gasteiger partial charge in [0.2, 0.25) is 0 Å². The lowest BCUT2D eigenvalue weighted by Crippen LogP contribution is -2.30. The van der Waals surface area contributed by atoms with Gasteiger partial charge in [0.1, 0.15) is 11.5 Å². The topological polar surface area (TPSA) is 47.6 Å². The molecule has 0 heterocycles. The van der Waals surface area contributed by atoms with E-state index < -0.39 is 6.10 Å². The van der Waals surface area contributed by atoms with Gasteiger partial charge in [-0.05, 0) is 61.2 Å². The van der Waals surface area contributed by atoms with Crippen LogP contribution >= 0.6 is 0 Å². The highest BCUT2D eigenvalue weighted by Crippen LogP contribution is 2.24. The molecule has 0 unspecified atom stereocenters. The van der Waals surface area contributed by atoms with Gasteiger partial charge in [0, 0.05) is 5.69 Å². The van der Waals surface area contributed by atoms with Crippen LogP contribution in [0, 0.1) is 0 Å². The van der Waals surface area contributed by atoms with E-state index in [9.17, 15) is 4.79 Å². The largest absolute Gasteiger partial charge is 0.494 e. The van der Waals surface area contributed by atoms with Crippen LogP contribution < -0.4 is 14.8 Å². The first kappa shape index (κ1) is 18.8. The van der Waals surface area contributed by atoms with Crippen molar-refractivity contribution in [2.45, 2.75) is 46.1 Å². The fourth-order valence-electron chi connectivity index (χ4n) is 2.34. The highest BCUT2D eigenvalue weighted by atomic mass is 16.5. The number of nitrogens with one attached hydrogen (secondary N) is 1. The number of hydrogen-bond acceptors (Lipinski definition) is 3. The van der Waals surface area contributed by atoms with Gasteiger partial charge in [-0.25, -0.2) is 0 Å². The van der Waals surface area contributed by atoms with Gasteiger partial charge < -0.3 is 14.8 Å². The molecule has 2 rings (SSSR count). The van der Waals surface area contributed by atoms with Gasteiger partial charge in [0.25, 0.3) is 5.91 Å². The Morgan fingerprint density at radius 3 is 2.08 bits per heavy atom. The molecule has 0 fully saturated rings. The molecule has 0 saturated carbocycles. The molecule has 0 bridgehead atoms. The van der Waals surface area contributed by atoms with E-state index in [1.807, 2.05) is 55.5 Å². The summed E-state index contributed by atoms with van der Waals surface area (Å²) in [6.45, 7) is 10.8. The molecule has 0 aliphatic carbocycles. The van der Waals surface area contributed by atoms with Crippen LogP contribution in [0.15, 0.2) is 48.5 Å². The average molecular weight is 341 g/mol. The molecular weight excluding hydrogens is 314 g/mol. The Bertz CT molecular complexity index is 685. The van der Waals surface area contributed by atoms with Gasteiger partial charge in [-0.15, -0.1) is 0 Å². The van der Waals surface area contributed by atoms with Crippen molar-refractivity contribution in [3.05, 3.63) is 54.1 Å². The molecule has 2 aromatic rings. The molecule has 0 radical (unpaired) electrons. The molecule has 0 aromatic heterocycles. The molecule has 1 atom stereocenters. The summed E-state index contributed by atoms with van der Waals surface area (Å²) in [5, 5.41) is 2.85. The Labute approximate surface area is 150 Å². The van der Waals surface area contributed by atoms with E-state index >= 15 is 0 Å². The number of rotatable bonds is 6. The second-order valence-corrected chi connectivity index (χ2v) is 6.98. The van der Waals surface area contributed by atoms with Crippen LogP contribution in [0.1, 0.15) is 40.2 Å². The zero-order valence-corrected chi connectivity index (χ0v) is 15.6. The Kier molecular flexibility index (Phi) is 6.07. The Morgan fingerprint density at radius 2 is 1.56 bits per heavy atom. The first-order valence-corrected chi connectivity index (χ1v) is 8.60. The molecule has 134 valence electrons. The Morgan fingerprint density at radius 1 is 1.00 bits per heavy atom. The minimum atomic E-state index is -0.591. The van der Waals surface area contributed by atoms with Crippen molar-refractivity contribution in [2.24, 2.45) is 0 Å². The first-order chi connectivity index (χ1) is 11.8. The number of anilines is 1. The average Bonchev–Trinajstić information content (AvgIpc) is 2.56. The van der Waals surface area contributed by atoms with Crippen molar-refractivity contribution in [1.82, 2.24) is 0 Å². The van der Waals surface area contributed by atoms with Gasteiger partial charge in [0.05, 0.1) is 6.61 Å². The Balaban J connectivity index is 1.93. The maximum absolute atomic E-state index is 12.3. The highest BCUT2D eigenvalue weighted by Gasteiger charge is 2.16. The van der Waals surface area contributed by atoms with E-state index in [-0.39, 0.29) is 11.3 Å². The summed E-state index contributed by atoms with van der Waals surface area (Å²) in [6, 6.07) is 15.2. The number of carbonyl (C=O) groups is 1. The second kappa shape index (κ2) is 8.06. The van der Waals surface area contributed by atoms with E-state index in [4.69, 9.17) is 9.47 Å². The van der Waals surface area contributed by atoms with Crippen molar-refractivity contribution < 1.29 is 14.3 Å². The van der Waals surface area contributed by atoms with Gasteiger partial charge in [0.15, 0.2) is 6.10 Å². The fourth-order valence-corrected chi connectivity index (χ4v) is 2.34. The van der Waals surface area contributed by atoms with Crippen molar-refractivity contribution >= 4 is 11.6 Å². The normalized spacial score (nSPS) is 12.4. The number of benzene rings is 2. The number of hydrogen-bond donors (Lipinski definition) is 1. The smallest absolute Gasteiger partial charge is 0.265 e. The standard InChI is InChI=1S/C21H27NO3/c1-6-24-18-13-9-17(10-14-18)22-20(23)15(2)25-19-11-7-16(8-12-19)21(3,4)5/h7-15H,6H2,1-5H3,(H,22,23)/t15-/m0/s1.